The lowest BCUT2D eigenvalue weighted by Crippen LogP contribution is -2.30. The van der Waals surface area contributed by atoms with Crippen molar-refractivity contribution in [3.63, 3.8) is 0 Å². The molecule has 5 rings (SSSR count). The Morgan fingerprint density at radius 1 is 0.828 bits per heavy atom. The lowest BCUT2D eigenvalue weighted by Gasteiger charge is -2.31. The molecule has 0 N–H and O–H groups in total. The minimum Gasteiger partial charge on any atom is -0.347 e. The van der Waals surface area contributed by atoms with Crippen molar-refractivity contribution in [2.75, 3.05) is 16.8 Å². The van der Waals surface area contributed by atoms with Gasteiger partial charge in [-0.25, -0.2) is 0 Å². The van der Waals surface area contributed by atoms with Gasteiger partial charge in [0, 0.05) is 39.7 Å². The molecule has 3 aromatic carbocycles. The van der Waals surface area contributed by atoms with Crippen LogP contribution in [0.5, 0.6) is 0 Å². The van der Waals surface area contributed by atoms with Crippen LogP contribution in [0.3, 0.4) is 0 Å². The molecule has 0 saturated heterocycles. The number of hydrogen-bond acceptors (Lipinski definition) is 3. The van der Waals surface area contributed by atoms with E-state index in [1.54, 1.807) is 11.8 Å². The molecule has 2 aliphatic rings. The molecular formula is C25H22N2OS. The first kappa shape index (κ1) is 18.1. The number of fused-ring (bicyclic) bond motifs is 3. The normalized spacial score (nSPS) is 17.7. The summed E-state index contributed by atoms with van der Waals surface area (Å²) < 4.78 is 0. The summed E-state index contributed by atoms with van der Waals surface area (Å²) in [4.78, 5) is 19.9. The van der Waals surface area contributed by atoms with Crippen molar-refractivity contribution >= 4 is 34.7 Å². The second-order valence-electron chi connectivity index (χ2n) is 7.94. The summed E-state index contributed by atoms with van der Waals surface area (Å²) in [6.45, 7) is 4.37. The smallest absolute Gasteiger partial charge is 0.257 e. The molecule has 1 amide bonds. The zero-order valence-corrected chi connectivity index (χ0v) is 17.5. The van der Waals surface area contributed by atoms with Crippen molar-refractivity contribution in [3.8, 4) is 0 Å². The molecule has 0 atom stereocenters. The molecule has 2 aliphatic heterocycles. The van der Waals surface area contributed by atoms with Crippen LogP contribution in [0.2, 0.25) is 0 Å². The third-order valence-corrected chi connectivity index (χ3v) is 6.98. The molecule has 0 saturated carbocycles. The van der Waals surface area contributed by atoms with E-state index in [1.807, 2.05) is 60.5 Å². The fraction of sp³-hybridized carbons (Fsp3) is 0.160. The van der Waals surface area contributed by atoms with E-state index >= 15 is 0 Å². The summed E-state index contributed by atoms with van der Waals surface area (Å²) in [5, 5.41) is 0. The molecule has 0 unspecified atom stereocenters. The van der Waals surface area contributed by atoms with Gasteiger partial charge in [0.05, 0.1) is 11.4 Å². The van der Waals surface area contributed by atoms with Crippen LogP contribution in [0, 0.1) is 0 Å². The standard InChI is InChI=1S/C25H22N2OS/c1-25(2)17-10-4-5-11-18(17)26(3)23(25)16-24(28)27-19-12-6-8-14-21(19)29-22-15-9-7-13-20(22)27/h4-16H,1-3H3/b23-16+. The third-order valence-electron chi connectivity index (χ3n) is 5.85. The van der Waals surface area contributed by atoms with Crippen molar-refractivity contribution in [1.82, 2.24) is 0 Å². The van der Waals surface area contributed by atoms with Crippen molar-refractivity contribution < 1.29 is 4.79 Å². The van der Waals surface area contributed by atoms with Crippen LogP contribution in [0.4, 0.5) is 17.1 Å². The van der Waals surface area contributed by atoms with Gasteiger partial charge >= 0.3 is 0 Å². The first-order valence-electron chi connectivity index (χ1n) is 9.74. The molecule has 144 valence electrons. The van der Waals surface area contributed by atoms with E-state index in [-0.39, 0.29) is 11.3 Å². The van der Waals surface area contributed by atoms with Gasteiger partial charge in [-0.2, -0.15) is 0 Å². The monoisotopic (exact) mass is 398 g/mol. The molecule has 3 aromatic rings. The number of anilines is 3. The predicted molar refractivity (Wildman–Crippen MR) is 120 cm³/mol. The molecule has 4 heteroatoms. The Labute approximate surface area is 175 Å². The summed E-state index contributed by atoms with van der Waals surface area (Å²) in [7, 11) is 2.04. The van der Waals surface area contributed by atoms with Gasteiger partial charge in [-0.1, -0.05) is 68.1 Å². The Kier molecular flexibility index (Phi) is 4.07. The van der Waals surface area contributed by atoms with Gasteiger partial charge in [0.1, 0.15) is 0 Å². The number of benzene rings is 3. The molecule has 0 fully saturated rings. The molecule has 0 aliphatic carbocycles. The van der Waals surface area contributed by atoms with E-state index < -0.39 is 0 Å². The number of hydrogen-bond donors (Lipinski definition) is 0. The first-order chi connectivity index (χ1) is 14.0. The summed E-state index contributed by atoms with van der Waals surface area (Å²) in [6.07, 6.45) is 1.81. The second kappa shape index (κ2) is 6.53. The fourth-order valence-corrected chi connectivity index (χ4v) is 5.44. The van der Waals surface area contributed by atoms with Gasteiger partial charge < -0.3 is 4.90 Å². The van der Waals surface area contributed by atoms with Crippen LogP contribution >= 0.6 is 11.8 Å². The first-order valence-corrected chi connectivity index (χ1v) is 10.6. The van der Waals surface area contributed by atoms with Crippen molar-refractivity contribution in [1.29, 1.82) is 0 Å². The molecule has 29 heavy (non-hydrogen) atoms. The average molecular weight is 399 g/mol. The maximum Gasteiger partial charge on any atom is 0.257 e. The van der Waals surface area contributed by atoms with Gasteiger partial charge in [0.25, 0.3) is 5.91 Å². The predicted octanol–water partition coefficient (Wildman–Crippen LogP) is 6.13. The minimum atomic E-state index is -0.232. The Hall–Kier alpha value is -2.98. The van der Waals surface area contributed by atoms with E-state index in [4.69, 9.17) is 0 Å². The molecule has 3 nitrogen and oxygen atoms in total. The van der Waals surface area contributed by atoms with E-state index in [2.05, 4.69) is 49.1 Å². The number of allylic oxidation sites excluding steroid dienone is 1. The van der Waals surface area contributed by atoms with E-state index in [1.165, 1.54) is 5.56 Å². The number of para-hydroxylation sites is 3. The van der Waals surface area contributed by atoms with Crippen LogP contribution < -0.4 is 9.80 Å². The Bertz CT molecular complexity index is 1120. The highest BCUT2D eigenvalue weighted by atomic mass is 32.2. The Morgan fingerprint density at radius 2 is 1.34 bits per heavy atom. The fourth-order valence-electron chi connectivity index (χ4n) is 4.38. The summed E-state index contributed by atoms with van der Waals surface area (Å²) >= 11 is 1.71. The van der Waals surface area contributed by atoms with E-state index in [0.717, 1.165) is 32.6 Å². The van der Waals surface area contributed by atoms with Crippen LogP contribution in [-0.2, 0) is 10.2 Å². The maximum absolute atomic E-state index is 13.7. The number of amides is 1. The largest absolute Gasteiger partial charge is 0.347 e. The zero-order chi connectivity index (χ0) is 20.2. The Morgan fingerprint density at radius 3 is 1.93 bits per heavy atom. The highest BCUT2D eigenvalue weighted by molar-refractivity contribution is 7.99. The van der Waals surface area contributed by atoms with Crippen LogP contribution in [-0.4, -0.2) is 13.0 Å². The SMILES string of the molecule is CN1/C(=C/C(=O)N2c3ccccc3Sc3ccccc32)C(C)(C)c2ccccc21. The molecular weight excluding hydrogens is 376 g/mol. The molecule has 0 aromatic heterocycles. The van der Waals surface area contributed by atoms with Crippen molar-refractivity contribution in [2.45, 2.75) is 29.1 Å². The number of rotatable bonds is 1. The van der Waals surface area contributed by atoms with Crippen LogP contribution in [0.25, 0.3) is 0 Å². The minimum absolute atomic E-state index is 0.0204. The lowest BCUT2D eigenvalue weighted by molar-refractivity contribution is -0.113. The molecule has 2 heterocycles. The van der Waals surface area contributed by atoms with Crippen molar-refractivity contribution in [3.05, 3.63) is 90.1 Å². The lowest BCUT2D eigenvalue weighted by atomic mass is 9.83. The zero-order valence-electron chi connectivity index (χ0n) is 16.7. The van der Waals surface area contributed by atoms with E-state index in [9.17, 15) is 4.79 Å². The highest BCUT2D eigenvalue weighted by Gasteiger charge is 2.39. The van der Waals surface area contributed by atoms with Gasteiger partial charge in [-0.3, -0.25) is 9.69 Å². The molecule has 0 radical (unpaired) electrons. The van der Waals surface area contributed by atoms with Gasteiger partial charge in [0.15, 0.2) is 0 Å². The summed E-state index contributed by atoms with van der Waals surface area (Å²) in [6, 6.07) is 24.6. The summed E-state index contributed by atoms with van der Waals surface area (Å²) in [5.41, 5.74) is 5.06. The number of carbonyl (C=O) groups is 1. The number of likely N-dealkylation sites (N-methyl/N-ethyl adjacent to an activating group) is 1. The van der Waals surface area contributed by atoms with Crippen LogP contribution in [0.1, 0.15) is 19.4 Å². The second-order valence-corrected chi connectivity index (χ2v) is 9.03. The topological polar surface area (TPSA) is 23.6 Å². The average Bonchev–Trinajstić information content (AvgIpc) is 2.93. The summed E-state index contributed by atoms with van der Waals surface area (Å²) in [5.74, 6) is -0.0204. The van der Waals surface area contributed by atoms with Gasteiger partial charge in [-0.15, -0.1) is 0 Å². The van der Waals surface area contributed by atoms with Gasteiger partial charge in [-0.05, 0) is 35.9 Å². The van der Waals surface area contributed by atoms with Crippen LogP contribution in [0.15, 0.2) is 94.4 Å². The number of carbonyl (C=O) groups excluding carboxylic acids is 1. The molecule has 0 spiro atoms. The van der Waals surface area contributed by atoms with Gasteiger partial charge in [0.2, 0.25) is 0 Å². The Balaban J connectivity index is 1.63. The quantitative estimate of drug-likeness (QED) is 0.461. The molecule has 0 bridgehead atoms. The van der Waals surface area contributed by atoms with Crippen molar-refractivity contribution in [2.24, 2.45) is 0 Å². The highest BCUT2D eigenvalue weighted by Crippen LogP contribution is 2.49. The third kappa shape index (κ3) is 2.70. The maximum atomic E-state index is 13.7. The van der Waals surface area contributed by atoms with E-state index in [0.29, 0.717) is 0 Å². The number of nitrogens with zero attached hydrogens (tertiary/aromatic N) is 2.